The van der Waals surface area contributed by atoms with Crippen molar-refractivity contribution in [3.8, 4) is 0 Å². The molecule has 0 saturated carbocycles. The molecule has 5 heteroatoms. The topological polar surface area (TPSA) is 65.5 Å². The fourth-order valence-corrected chi connectivity index (χ4v) is 4.71. The zero-order valence-corrected chi connectivity index (χ0v) is 11.9. The maximum atomic E-state index is 5.83. The summed E-state index contributed by atoms with van der Waals surface area (Å²) in [7, 11) is -2.01. The highest BCUT2D eigenvalue weighted by molar-refractivity contribution is 6.67. The zero-order valence-electron chi connectivity index (χ0n) is 10.9. The minimum absolute atomic E-state index is 0. The molecule has 0 spiro atoms. The molecule has 15 heavy (non-hydrogen) atoms. The van der Waals surface area contributed by atoms with E-state index in [1.807, 2.05) is 13.8 Å². The SMILES string of the molecule is CCNC(CC)[Si](C)(OCC)OCC.N. The molecule has 1 atom stereocenters. The minimum atomic E-state index is -2.01. The van der Waals surface area contributed by atoms with E-state index < -0.39 is 8.56 Å². The zero-order chi connectivity index (χ0) is 11.0. The minimum Gasteiger partial charge on any atom is -0.394 e. The maximum Gasteiger partial charge on any atom is 0.352 e. The van der Waals surface area contributed by atoms with Gasteiger partial charge in [0.1, 0.15) is 0 Å². The molecule has 0 aliphatic carbocycles. The Morgan fingerprint density at radius 3 is 1.80 bits per heavy atom. The molecule has 0 aromatic rings. The second kappa shape index (κ2) is 9.29. The predicted molar refractivity (Wildman–Crippen MR) is 67.6 cm³/mol. The van der Waals surface area contributed by atoms with Crippen molar-refractivity contribution in [2.24, 2.45) is 0 Å². The molecule has 0 bridgehead atoms. The molecule has 0 aliphatic heterocycles. The molecule has 0 saturated heterocycles. The smallest absolute Gasteiger partial charge is 0.352 e. The van der Waals surface area contributed by atoms with Crippen molar-refractivity contribution in [3.63, 3.8) is 0 Å². The molecule has 0 amide bonds. The van der Waals surface area contributed by atoms with E-state index in [9.17, 15) is 0 Å². The summed E-state index contributed by atoms with van der Waals surface area (Å²) < 4.78 is 11.7. The molecular formula is C10H28N2O2Si. The van der Waals surface area contributed by atoms with E-state index in [1.54, 1.807) is 0 Å². The van der Waals surface area contributed by atoms with Gasteiger partial charge in [-0.25, -0.2) is 0 Å². The maximum absolute atomic E-state index is 5.83. The first kappa shape index (κ1) is 17.5. The van der Waals surface area contributed by atoms with E-state index in [4.69, 9.17) is 8.85 Å². The highest BCUT2D eigenvalue weighted by Crippen LogP contribution is 2.15. The van der Waals surface area contributed by atoms with Crippen molar-refractivity contribution >= 4 is 8.56 Å². The summed E-state index contributed by atoms with van der Waals surface area (Å²) in [6.45, 7) is 13.0. The Hall–Kier alpha value is 0.0569. The largest absolute Gasteiger partial charge is 0.394 e. The van der Waals surface area contributed by atoms with E-state index >= 15 is 0 Å². The van der Waals surface area contributed by atoms with Gasteiger partial charge in [-0.15, -0.1) is 0 Å². The Labute approximate surface area is 95.6 Å². The summed E-state index contributed by atoms with van der Waals surface area (Å²) in [5.41, 5.74) is 0.396. The Kier molecular flexibility index (Phi) is 10.8. The van der Waals surface area contributed by atoms with Crippen LogP contribution < -0.4 is 11.5 Å². The van der Waals surface area contributed by atoms with E-state index in [0.29, 0.717) is 5.67 Å². The van der Waals surface area contributed by atoms with E-state index in [-0.39, 0.29) is 6.15 Å². The van der Waals surface area contributed by atoms with Crippen LogP contribution >= 0.6 is 0 Å². The molecule has 0 aromatic heterocycles. The molecule has 0 aliphatic rings. The van der Waals surface area contributed by atoms with Gasteiger partial charge in [-0.3, -0.25) is 0 Å². The lowest BCUT2D eigenvalue weighted by atomic mass is 10.5. The fraction of sp³-hybridized carbons (Fsp3) is 1.00. The summed E-state index contributed by atoms with van der Waals surface area (Å²) in [6, 6.07) is 0. The van der Waals surface area contributed by atoms with Crippen molar-refractivity contribution in [1.29, 1.82) is 0 Å². The highest BCUT2D eigenvalue weighted by Gasteiger charge is 2.39. The molecular weight excluding hydrogens is 208 g/mol. The first-order valence-corrected chi connectivity index (χ1v) is 8.05. The van der Waals surface area contributed by atoms with Crippen molar-refractivity contribution in [3.05, 3.63) is 0 Å². The second-order valence-electron chi connectivity index (χ2n) is 3.40. The standard InChI is InChI=1S/C10H25NO2Si.H3N/c1-6-10(11-7-2)14(5,12-8-3)13-9-4;/h10-11H,6-9H2,1-5H3;1H3. The van der Waals surface area contributed by atoms with Gasteiger partial charge in [-0.2, -0.15) is 0 Å². The van der Waals surface area contributed by atoms with Crippen LogP contribution in [0.3, 0.4) is 0 Å². The quantitative estimate of drug-likeness (QED) is 0.634. The lowest BCUT2D eigenvalue weighted by Crippen LogP contribution is -2.57. The summed E-state index contributed by atoms with van der Waals surface area (Å²) in [4.78, 5) is 0. The van der Waals surface area contributed by atoms with Crippen molar-refractivity contribution in [2.75, 3.05) is 19.8 Å². The predicted octanol–water partition coefficient (Wildman–Crippen LogP) is 2.22. The second-order valence-corrected chi connectivity index (χ2v) is 6.71. The molecule has 1 unspecified atom stereocenters. The Morgan fingerprint density at radius 1 is 1.07 bits per heavy atom. The molecule has 0 heterocycles. The van der Waals surface area contributed by atoms with Crippen molar-refractivity contribution < 1.29 is 8.85 Å². The van der Waals surface area contributed by atoms with Gasteiger partial charge in [-0.05, 0) is 33.4 Å². The molecule has 0 aromatic carbocycles. The van der Waals surface area contributed by atoms with Gasteiger partial charge >= 0.3 is 8.56 Å². The Balaban J connectivity index is 0. The first-order chi connectivity index (χ1) is 6.64. The number of hydrogen-bond acceptors (Lipinski definition) is 4. The van der Waals surface area contributed by atoms with Crippen LogP contribution in [-0.4, -0.2) is 34.0 Å². The van der Waals surface area contributed by atoms with Gasteiger partial charge in [0, 0.05) is 13.2 Å². The first-order valence-electron chi connectivity index (χ1n) is 5.65. The van der Waals surface area contributed by atoms with Gasteiger partial charge in [0.05, 0.1) is 5.67 Å². The van der Waals surface area contributed by atoms with E-state index in [1.165, 1.54) is 0 Å². The highest BCUT2D eigenvalue weighted by atomic mass is 28.4. The summed E-state index contributed by atoms with van der Waals surface area (Å²) >= 11 is 0. The average Bonchev–Trinajstić information content (AvgIpc) is 2.14. The number of rotatable bonds is 8. The molecule has 94 valence electrons. The average molecular weight is 236 g/mol. The molecule has 4 N–H and O–H groups in total. The van der Waals surface area contributed by atoms with Gasteiger partial charge in [0.15, 0.2) is 0 Å². The fourth-order valence-electron chi connectivity index (χ4n) is 1.76. The van der Waals surface area contributed by atoms with Crippen molar-refractivity contribution in [1.82, 2.24) is 11.5 Å². The van der Waals surface area contributed by atoms with Crippen LogP contribution in [-0.2, 0) is 8.85 Å². The Morgan fingerprint density at radius 2 is 1.53 bits per heavy atom. The number of nitrogens with one attached hydrogen (secondary N) is 1. The monoisotopic (exact) mass is 236 g/mol. The van der Waals surface area contributed by atoms with Gasteiger partial charge in [0.2, 0.25) is 0 Å². The van der Waals surface area contributed by atoms with Crippen LogP contribution in [0.1, 0.15) is 34.1 Å². The normalized spacial score (nSPS) is 13.4. The van der Waals surface area contributed by atoms with Crippen LogP contribution in [0.2, 0.25) is 6.55 Å². The number of hydrogen-bond donors (Lipinski definition) is 2. The van der Waals surface area contributed by atoms with E-state index in [2.05, 4.69) is 25.7 Å². The lowest BCUT2D eigenvalue weighted by Gasteiger charge is -2.33. The van der Waals surface area contributed by atoms with Crippen LogP contribution in [0.15, 0.2) is 0 Å². The third-order valence-corrected chi connectivity index (χ3v) is 5.96. The van der Waals surface area contributed by atoms with Crippen LogP contribution in [0, 0.1) is 0 Å². The van der Waals surface area contributed by atoms with Crippen LogP contribution in [0.5, 0.6) is 0 Å². The lowest BCUT2D eigenvalue weighted by molar-refractivity contribution is 0.173. The van der Waals surface area contributed by atoms with Gasteiger partial charge < -0.3 is 20.3 Å². The summed E-state index contributed by atoms with van der Waals surface area (Å²) in [5, 5.41) is 3.45. The molecule has 4 nitrogen and oxygen atoms in total. The van der Waals surface area contributed by atoms with Crippen LogP contribution in [0.25, 0.3) is 0 Å². The Bertz CT molecular complexity index is 141. The van der Waals surface area contributed by atoms with Gasteiger partial charge in [0.25, 0.3) is 0 Å². The van der Waals surface area contributed by atoms with E-state index in [0.717, 1.165) is 26.2 Å². The summed E-state index contributed by atoms with van der Waals surface area (Å²) in [6.07, 6.45) is 1.07. The molecule has 0 fully saturated rings. The molecule has 0 rings (SSSR count). The summed E-state index contributed by atoms with van der Waals surface area (Å²) in [5.74, 6) is 0. The van der Waals surface area contributed by atoms with Crippen molar-refractivity contribution in [2.45, 2.75) is 46.3 Å². The third-order valence-electron chi connectivity index (χ3n) is 2.35. The molecule has 0 radical (unpaired) electrons. The van der Waals surface area contributed by atoms with Crippen LogP contribution in [0.4, 0.5) is 0 Å². The third kappa shape index (κ3) is 5.63. The van der Waals surface area contributed by atoms with Gasteiger partial charge in [-0.1, -0.05) is 13.8 Å².